The van der Waals surface area contributed by atoms with E-state index in [0.717, 1.165) is 11.3 Å². The second-order valence-corrected chi connectivity index (χ2v) is 5.11. The number of carbonyl (C=O) groups excluding carboxylic acids is 1. The van der Waals surface area contributed by atoms with Crippen molar-refractivity contribution in [3.63, 3.8) is 0 Å². The zero-order valence-electron chi connectivity index (χ0n) is 12.1. The average Bonchev–Trinajstić information content (AvgIpc) is 3.06. The van der Waals surface area contributed by atoms with E-state index in [-0.39, 0.29) is 11.9 Å². The molecule has 0 spiro atoms. The number of hydrogen-bond acceptors (Lipinski definition) is 5. The van der Waals surface area contributed by atoms with E-state index >= 15 is 0 Å². The van der Waals surface area contributed by atoms with Crippen LogP contribution in [0.3, 0.4) is 0 Å². The monoisotopic (exact) mass is 287 g/mol. The lowest BCUT2D eigenvalue weighted by Crippen LogP contribution is -2.27. The van der Waals surface area contributed by atoms with Crippen LogP contribution >= 0.6 is 0 Å². The van der Waals surface area contributed by atoms with Crippen LogP contribution in [-0.2, 0) is 11.3 Å². The normalized spacial score (nSPS) is 18.3. The van der Waals surface area contributed by atoms with Crippen molar-refractivity contribution >= 4 is 5.91 Å². The Morgan fingerprint density at radius 2 is 2.33 bits per heavy atom. The minimum absolute atomic E-state index is 0.110. The first-order valence-corrected chi connectivity index (χ1v) is 6.90. The molecule has 1 fully saturated rings. The number of hydrogen-bond donors (Lipinski definition) is 0. The van der Waals surface area contributed by atoms with E-state index in [0.29, 0.717) is 31.1 Å². The van der Waals surface area contributed by atoms with Gasteiger partial charge >= 0.3 is 0 Å². The highest BCUT2D eigenvalue weighted by Gasteiger charge is 2.35. The van der Waals surface area contributed by atoms with Gasteiger partial charge in [0.1, 0.15) is 11.8 Å². The van der Waals surface area contributed by atoms with Gasteiger partial charge in [0.15, 0.2) is 5.82 Å². The third-order valence-corrected chi connectivity index (χ3v) is 3.64. The van der Waals surface area contributed by atoms with Crippen LogP contribution in [0.15, 0.2) is 28.8 Å². The van der Waals surface area contributed by atoms with Gasteiger partial charge < -0.3 is 14.2 Å². The third kappa shape index (κ3) is 2.74. The third-order valence-electron chi connectivity index (χ3n) is 3.64. The summed E-state index contributed by atoms with van der Waals surface area (Å²) in [5.41, 5.74) is 1.02. The fourth-order valence-electron chi connectivity index (χ4n) is 2.60. The Bertz CT molecular complexity index is 653. The molecule has 1 aliphatic heterocycles. The Hall–Kier alpha value is -2.37. The van der Waals surface area contributed by atoms with Crippen LogP contribution in [0.4, 0.5) is 0 Å². The molecule has 0 bridgehead atoms. The number of ether oxygens (including phenoxy) is 1. The lowest BCUT2D eigenvalue weighted by Gasteiger charge is -2.22. The first kappa shape index (κ1) is 13.6. The van der Waals surface area contributed by atoms with Gasteiger partial charge in [-0.15, -0.1) is 0 Å². The number of benzene rings is 1. The molecule has 1 aliphatic rings. The van der Waals surface area contributed by atoms with Crippen LogP contribution in [0.2, 0.25) is 0 Å². The number of nitrogens with zero attached hydrogens (tertiary/aromatic N) is 3. The summed E-state index contributed by atoms with van der Waals surface area (Å²) in [4.78, 5) is 18.2. The SMILES string of the molecule is COc1cccc(CN2C(=O)CCC2c2nc(C)no2)c1. The van der Waals surface area contributed by atoms with Gasteiger partial charge in [0.05, 0.1) is 7.11 Å². The predicted molar refractivity (Wildman–Crippen MR) is 74.6 cm³/mol. The topological polar surface area (TPSA) is 68.5 Å². The highest BCUT2D eigenvalue weighted by Crippen LogP contribution is 2.33. The van der Waals surface area contributed by atoms with Crippen LogP contribution in [0.5, 0.6) is 5.75 Å². The predicted octanol–water partition coefficient (Wildman–Crippen LogP) is 2.25. The molecular weight excluding hydrogens is 270 g/mol. The summed E-state index contributed by atoms with van der Waals surface area (Å²) in [6.07, 6.45) is 1.22. The molecule has 0 N–H and O–H groups in total. The maximum atomic E-state index is 12.1. The average molecular weight is 287 g/mol. The molecular formula is C15H17N3O3. The molecule has 1 unspecified atom stereocenters. The molecule has 6 heteroatoms. The van der Waals surface area contributed by atoms with Crippen molar-refractivity contribution in [3.8, 4) is 5.75 Å². The number of likely N-dealkylation sites (tertiary alicyclic amines) is 1. The van der Waals surface area contributed by atoms with Gasteiger partial charge in [0, 0.05) is 13.0 Å². The van der Waals surface area contributed by atoms with Crippen molar-refractivity contribution in [2.24, 2.45) is 0 Å². The lowest BCUT2D eigenvalue weighted by molar-refractivity contribution is -0.130. The van der Waals surface area contributed by atoms with Gasteiger partial charge in [-0.25, -0.2) is 0 Å². The fourth-order valence-corrected chi connectivity index (χ4v) is 2.60. The number of methoxy groups -OCH3 is 1. The van der Waals surface area contributed by atoms with Gasteiger partial charge in [-0.1, -0.05) is 17.3 Å². The highest BCUT2D eigenvalue weighted by molar-refractivity contribution is 5.78. The Morgan fingerprint density at radius 1 is 1.48 bits per heavy atom. The smallest absolute Gasteiger partial charge is 0.249 e. The summed E-state index contributed by atoms with van der Waals surface area (Å²) >= 11 is 0. The molecule has 0 radical (unpaired) electrons. The highest BCUT2D eigenvalue weighted by atomic mass is 16.5. The summed E-state index contributed by atoms with van der Waals surface area (Å²) in [5.74, 6) is 2.00. The molecule has 2 aromatic rings. The molecule has 0 saturated carbocycles. The zero-order chi connectivity index (χ0) is 14.8. The van der Waals surface area contributed by atoms with E-state index in [1.54, 1.807) is 18.9 Å². The molecule has 2 heterocycles. The molecule has 110 valence electrons. The second-order valence-electron chi connectivity index (χ2n) is 5.11. The van der Waals surface area contributed by atoms with E-state index in [1.165, 1.54) is 0 Å². The largest absolute Gasteiger partial charge is 0.497 e. The quantitative estimate of drug-likeness (QED) is 0.862. The first-order valence-electron chi connectivity index (χ1n) is 6.90. The van der Waals surface area contributed by atoms with Crippen molar-refractivity contribution in [3.05, 3.63) is 41.5 Å². The van der Waals surface area contributed by atoms with Crippen LogP contribution in [0, 0.1) is 6.92 Å². The summed E-state index contributed by atoms with van der Waals surface area (Å²) in [5, 5.41) is 3.81. The summed E-state index contributed by atoms with van der Waals surface area (Å²) in [6, 6.07) is 7.57. The van der Waals surface area contributed by atoms with Crippen LogP contribution < -0.4 is 4.74 Å². The summed E-state index contributed by atoms with van der Waals surface area (Å²) in [7, 11) is 1.63. The van der Waals surface area contributed by atoms with Crippen molar-refractivity contribution < 1.29 is 14.1 Å². The number of aromatic nitrogens is 2. The zero-order valence-corrected chi connectivity index (χ0v) is 12.1. The first-order chi connectivity index (χ1) is 10.2. The molecule has 1 saturated heterocycles. The van der Waals surface area contributed by atoms with Crippen molar-refractivity contribution in [1.82, 2.24) is 15.0 Å². The van der Waals surface area contributed by atoms with Crippen molar-refractivity contribution in [2.45, 2.75) is 32.4 Å². The molecule has 3 rings (SSSR count). The minimum atomic E-state index is -0.134. The van der Waals surface area contributed by atoms with Crippen LogP contribution in [-0.4, -0.2) is 28.1 Å². The second kappa shape index (κ2) is 5.55. The summed E-state index contributed by atoms with van der Waals surface area (Å²) in [6.45, 7) is 2.29. The van der Waals surface area contributed by atoms with E-state index in [4.69, 9.17) is 9.26 Å². The van der Waals surface area contributed by atoms with Crippen LogP contribution in [0.1, 0.15) is 36.2 Å². The molecule has 6 nitrogen and oxygen atoms in total. The fraction of sp³-hybridized carbons (Fsp3) is 0.400. The molecule has 21 heavy (non-hydrogen) atoms. The molecule has 1 amide bonds. The maximum Gasteiger partial charge on any atom is 0.249 e. The van der Waals surface area contributed by atoms with Gasteiger partial charge in [0.25, 0.3) is 0 Å². The minimum Gasteiger partial charge on any atom is -0.497 e. The Kier molecular flexibility index (Phi) is 3.60. The number of carbonyl (C=O) groups is 1. The Labute approximate surface area is 122 Å². The van der Waals surface area contributed by atoms with Gasteiger partial charge in [-0.2, -0.15) is 4.98 Å². The van der Waals surface area contributed by atoms with Crippen LogP contribution in [0.25, 0.3) is 0 Å². The molecule has 1 atom stereocenters. The van der Waals surface area contributed by atoms with Crippen molar-refractivity contribution in [1.29, 1.82) is 0 Å². The standard InChI is InChI=1S/C15H17N3O3/c1-10-16-15(21-17-10)13-6-7-14(19)18(13)9-11-4-3-5-12(8-11)20-2/h3-5,8,13H,6-7,9H2,1-2H3. The van der Waals surface area contributed by atoms with Gasteiger partial charge in [-0.3, -0.25) is 4.79 Å². The van der Waals surface area contributed by atoms with Crippen molar-refractivity contribution in [2.75, 3.05) is 7.11 Å². The Morgan fingerprint density at radius 3 is 3.05 bits per heavy atom. The van der Waals surface area contributed by atoms with E-state index in [2.05, 4.69) is 10.1 Å². The van der Waals surface area contributed by atoms with E-state index < -0.39 is 0 Å². The molecule has 0 aliphatic carbocycles. The number of amides is 1. The summed E-state index contributed by atoms with van der Waals surface area (Å²) < 4.78 is 10.4. The maximum absolute atomic E-state index is 12.1. The molecule has 1 aromatic heterocycles. The number of rotatable bonds is 4. The van der Waals surface area contributed by atoms with E-state index in [9.17, 15) is 4.79 Å². The Balaban J connectivity index is 1.82. The van der Waals surface area contributed by atoms with Gasteiger partial charge in [0.2, 0.25) is 11.8 Å². The van der Waals surface area contributed by atoms with Gasteiger partial charge in [-0.05, 0) is 31.0 Å². The lowest BCUT2D eigenvalue weighted by atomic mass is 10.1. The molecule has 1 aromatic carbocycles. The number of aryl methyl sites for hydroxylation is 1. The van der Waals surface area contributed by atoms with E-state index in [1.807, 2.05) is 24.3 Å².